The number of aryl methyl sites for hydroxylation is 2. The molecule has 1 amide bonds. The average molecular weight is 392 g/mol. The minimum absolute atomic E-state index is 0.0179. The first-order valence-corrected chi connectivity index (χ1v) is 8.67. The van der Waals surface area contributed by atoms with E-state index >= 15 is 0 Å². The average Bonchev–Trinajstić information content (AvgIpc) is 3.00. The number of anilines is 1. The Morgan fingerprint density at radius 2 is 1.85 bits per heavy atom. The highest BCUT2D eigenvalue weighted by molar-refractivity contribution is 7.99. The van der Waals surface area contributed by atoms with Gasteiger partial charge in [0.15, 0.2) is 5.16 Å². The van der Waals surface area contributed by atoms with Gasteiger partial charge in [0.1, 0.15) is 5.69 Å². The first kappa shape index (κ1) is 19.0. The predicted molar refractivity (Wildman–Crippen MR) is 95.7 cm³/mol. The van der Waals surface area contributed by atoms with Crippen LogP contribution in [0.3, 0.4) is 0 Å². The molecule has 0 saturated heterocycles. The third kappa shape index (κ3) is 4.48. The minimum Gasteiger partial charge on any atom is -0.329 e. The monoisotopic (exact) mass is 392 g/mol. The summed E-state index contributed by atoms with van der Waals surface area (Å²) in [6, 6.07) is 9.02. The van der Waals surface area contributed by atoms with Crippen LogP contribution >= 0.6 is 11.8 Å². The van der Waals surface area contributed by atoms with Crippen LogP contribution in [0, 0.1) is 6.92 Å². The van der Waals surface area contributed by atoms with Gasteiger partial charge < -0.3 is 9.88 Å². The zero-order chi connectivity index (χ0) is 19.6. The lowest BCUT2D eigenvalue weighted by Gasteiger charge is -2.11. The quantitative estimate of drug-likeness (QED) is 0.708. The molecule has 0 aliphatic carbocycles. The molecule has 27 heavy (non-hydrogen) atoms. The molecular formula is C18H15F3N4OS. The minimum atomic E-state index is -4.54. The fourth-order valence-electron chi connectivity index (χ4n) is 2.32. The van der Waals surface area contributed by atoms with Gasteiger partial charge in [-0.25, -0.2) is 9.97 Å². The summed E-state index contributed by atoms with van der Waals surface area (Å²) in [7, 11) is 1.89. The molecule has 2 aromatic heterocycles. The molecule has 1 aromatic carbocycles. The first-order valence-electron chi connectivity index (χ1n) is 7.85. The van der Waals surface area contributed by atoms with E-state index in [-0.39, 0.29) is 11.3 Å². The lowest BCUT2D eigenvalue weighted by atomic mass is 10.1. The molecule has 9 heteroatoms. The van der Waals surface area contributed by atoms with Crippen LogP contribution in [0.5, 0.6) is 0 Å². The largest absolute Gasteiger partial charge is 0.433 e. The maximum Gasteiger partial charge on any atom is 0.433 e. The molecule has 0 spiro atoms. The fourth-order valence-corrected chi connectivity index (χ4v) is 3.12. The highest BCUT2D eigenvalue weighted by atomic mass is 32.2. The number of halogens is 3. The normalized spacial score (nSPS) is 11.4. The molecule has 1 N–H and O–H groups in total. The lowest BCUT2D eigenvalue weighted by molar-refractivity contribution is -0.141. The molecule has 5 nitrogen and oxygen atoms in total. The Morgan fingerprint density at radius 3 is 2.41 bits per heavy atom. The maximum absolute atomic E-state index is 12.7. The van der Waals surface area contributed by atoms with Gasteiger partial charge in [-0.2, -0.15) is 13.2 Å². The number of aromatic nitrogens is 3. The summed E-state index contributed by atoms with van der Waals surface area (Å²) >= 11 is 1.47. The van der Waals surface area contributed by atoms with Crippen LogP contribution in [0.15, 0.2) is 58.8 Å². The Balaban J connectivity index is 1.70. The molecule has 0 unspecified atom stereocenters. The molecule has 0 radical (unpaired) electrons. The number of carbonyl (C=O) groups is 1. The number of hydrogen-bond acceptors (Lipinski definition) is 4. The predicted octanol–water partition coefficient (Wildman–Crippen LogP) is 4.55. The van der Waals surface area contributed by atoms with E-state index in [1.165, 1.54) is 18.7 Å². The van der Waals surface area contributed by atoms with Crippen LogP contribution < -0.4 is 5.32 Å². The van der Waals surface area contributed by atoms with Crippen molar-refractivity contribution >= 4 is 23.4 Å². The van der Waals surface area contributed by atoms with Gasteiger partial charge in [-0.15, -0.1) is 0 Å². The Hall–Kier alpha value is -2.81. The SMILES string of the molecule is Cc1nc(C(F)(F)F)ccc1C(=O)Nc1ccc(Sc2nccn2C)cc1. The van der Waals surface area contributed by atoms with E-state index in [2.05, 4.69) is 15.3 Å². The Labute approximate surface area is 157 Å². The number of carbonyl (C=O) groups excluding carboxylic acids is 1. The molecule has 140 valence electrons. The molecule has 0 fully saturated rings. The summed E-state index contributed by atoms with van der Waals surface area (Å²) in [4.78, 5) is 21.0. The van der Waals surface area contributed by atoms with Gasteiger partial charge >= 0.3 is 6.18 Å². The van der Waals surface area contributed by atoms with Gasteiger partial charge in [0.25, 0.3) is 5.91 Å². The molecular weight excluding hydrogens is 377 g/mol. The van der Waals surface area contributed by atoms with Gasteiger partial charge in [-0.05, 0) is 43.3 Å². The van der Waals surface area contributed by atoms with Crippen molar-refractivity contribution in [3.8, 4) is 0 Å². The standard InChI is InChI=1S/C18H15F3N4OS/c1-11-14(7-8-15(23-11)18(19,20)21)16(26)24-12-3-5-13(6-4-12)27-17-22-9-10-25(17)2/h3-10H,1-2H3,(H,24,26). The van der Waals surface area contributed by atoms with Gasteiger partial charge in [-0.1, -0.05) is 11.8 Å². The van der Waals surface area contributed by atoms with Crippen LogP contribution in [0.2, 0.25) is 0 Å². The number of hydrogen-bond donors (Lipinski definition) is 1. The summed E-state index contributed by atoms with van der Waals surface area (Å²) in [5, 5.41) is 3.50. The van der Waals surface area contributed by atoms with Crippen molar-refractivity contribution in [3.63, 3.8) is 0 Å². The van der Waals surface area contributed by atoms with E-state index in [9.17, 15) is 18.0 Å². The van der Waals surface area contributed by atoms with E-state index < -0.39 is 17.8 Å². The van der Waals surface area contributed by atoms with E-state index in [4.69, 9.17) is 0 Å². The number of imidazole rings is 1. The van der Waals surface area contributed by atoms with Crippen LogP contribution in [0.25, 0.3) is 0 Å². The molecule has 0 aliphatic rings. The zero-order valence-electron chi connectivity index (χ0n) is 14.4. The number of pyridine rings is 1. The van der Waals surface area contributed by atoms with Crippen molar-refractivity contribution in [1.82, 2.24) is 14.5 Å². The van der Waals surface area contributed by atoms with Crippen molar-refractivity contribution in [1.29, 1.82) is 0 Å². The van der Waals surface area contributed by atoms with Crippen molar-refractivity contribution in [2.45, 2.75) is 23.2 Å². The Bertz CT molecular complexity index is 967. The summed E-state index contributed by atoms with van der Waals surface area (Å²) in [5.41, 5.74) is -0.380. The Kier molecular flexibility index (Phi) is 5.22. The second-order valence-electron chi connectivity index (χ2n) is 5.73. The summed E-state index contributed by atoms with van der Waals surface area (Å²) in [6.07, 6.45) is -0.991. The second-order valence-corrected chi connectivity index (χ2v) is 6.77. The van der Waals surface area contributed by atoms with Gasteiger partial charge in [0, 0.05) is 30.0 Å². The first-order chi connectivity index (χ1) is 12.7. The van der Waals surface area contributed by atoms with Crippen molar-refractivity contribution in [3.05, 3.63) is 65.7 Å². The highest BCUT2D eigenvalue weighted by Gasteiger charge is 2.33. The van der Waals surface area contributed by atoms with Crippen molar-refractivity contribution in [2.75, 3.05) is 5.32 Å². The fraction of sp³-hybridized carbons (Fsp3) is 0.167. The zero-order valence-corrected chi connectivity index (χ0v) is 15.2. The van der Waals surface area contributed by atoms with Gasteiger partial charge in [0.05, 0.1) is 11.3 Å². The van der Waals surface area contributed by atoms with E-state index in [0.717, 1.165) is 22.2 Å². The number of amides is 1. The van der Waals surface area contributed by atoms with E-state index in [1.54, 1.807) is 18.3 Å². The molecule has 2 heterocycles. The molecule has 0 atom stereocenters. The van der Waals surface area contributed by atoms with Gasteiger partial charge in [0.2, 0.25) is 0 Å². The van der Waals surface area contributed by atoms with Crippen LogP contribution in [-0.2, 0) is 13.2 Å². The van der Waals surface area contributed by atoms with Crippen molar-refractivity contribution in [2.24, 2.45) is 7.05 Å². The molecule has 3 rings (SSSR count). The van der Waals surface area contributed by atoms with E-state index in [1.807, 2.05) is 29.9 Å². The molecule has 0 bridgehead atoms. The van der Waals surface area contributed by atoms with Crippen LogP contribution in [0.4, 0.5) is 18.9 Å². The van der Waals surface area contributed by atoms with Crippen LogP contribution in [0.1, 0.15) is 21.7 Å². The number of benzene rings is 1. The third-order valence-corrected chi connectivity index (χ3v) is 4.80. The van der Waals surface area contributed by atoms with Crippen LogP contribution in [-0.4, -0.2) is 20.4 Å². The molecule has 0 saturated carbocycles. The van der Waals surface area contributed by atoms with Gasteiger partial charge in [-0.3, -0.25) is 4.79 Å². The number of nitrogens with one attached hydrogen (secondary N) is 1. The molecule has 3 aromatic rings. The van der Waals surface area contributed by atoms with E-state index in [0.29, 0.717) is 5.69 Å². The highest BCUT2D eigenvalue weighted by Crippen LogP contribution is 2.29. The lowest BCUT2D eigenvalue weighted by Crippen LogP contribution is -2.16. The summed E-state index contributed by atoms with van der Waals surface area (Å²) in [5.74, 6) is -0.516. The number of alkyl halides is 3. The third-order valence-electron chi connectivity index (χ3n) is 3.72. The maximum atomic E-state index is 12.7. The summed E-state index contributed by atoms with van der Waals surface area (Å²) in [6.45, 7) is 1.37. The second kappa shape index (κ2) is 7.43. The number of nitrogens with zero attached hydrogens (tertiary/aromatic N) is 3. The summed E-state index contributed by atoms with van der Waals surface area (Å²) < 4.78 is 39.9. The number of rotatable bonds is 4. The smallest absolute Gasteiger partial charge is 0.329 e. The Morgan fingerprint density at radius 1 is 1.15 bits per heavy atom. The van der Waals surface area contributed by atoms with Crippen molar-refractivity contribution < 1.29 is 18.0 Å². The molecule has 0 aliphatic heterocycles. The topological polar surface area (TPSA) is 59.8 Å².